The fourth-order valence-corrected chi connectivity index (χ4v) is 3.00. The summed E-state index contributed by atoms with van der Waals surface area (Å²) >= 11 is 0. The normalized spacial score (nSPS) is 11.4. The van der Waals surface area contributed by atoms with Gasteiger partial charge in [0, 0.05) is 47.4 Å². The third kappa shape index (κ3) is 4.84. The van der Waals surface area contributed by atoms with E-state index in [1.54, 1.807) is 24.3 Å². The Labute approximate surface area is 173 Å². The van der Waals surface area contributed by atoms with Crippen LogP contribution in [-0.2, 0) is 0 Å². The second-order valence-electron chi connectivity index (χ2n) is 6.52. The number of nitrogens with one attached hydrogen (secondary N) is 2. The quantitative estimate of drug-likeness (QED) is 0.336. The van der Waals surface area contributed by atoms with E-state index in [-0.39, 0.29) is 11.7 Å². The number of carbonyl (C=O) groups is 1. The van der Waals surface area contributed by atoms with Crippen LogP contribution in [-0.4, -0.2) is 24.0 Å². The van der Waals surface area contributed by atoms with E-state index in [0.717, 1.165) is 10.9 Å². The van der Waals surface area contributed by atoms with E-state index in [1.165, 1.54) is 18.3 Å². The number of ether oxygens (including phenoxy) is 1. The largest absolute Gasteiger partial charge is 0.493 e. The SMILES string of the molecule is CCOc1cc(-c2ccc(F)cc2)nc2cc(C(=O)NCC/C(=C/N)NN)ccc12. The van der Waals surface area contributed by atoms with E-state index in [0.29, 0.717) is 47.8 Å². The van der Waals surface area contributed by atoms with E-state index in [1.807, 2.05) is 19.1 Å². The van der Waals surface area contributed by atoms with Gasteiger partial charge >= 0.3 is 0 Å². The zero-order chi connectivity index (χ0) is 21.5. The summed E-state index contributed by atoms with van der Waals surface area (Å²) in [6.45, 7) is 2.75. The molecule has 0 unspecified atom stereocenters. The van der Waals surface area contributed by atoms with Crippen molar-refractivity contribution in [1.82, 2.24) is 15.7 Å². The maximum atomic E-state index is 13.3. The van der Waals surface area contributed by atoms with Gasteiger partial charge in [-0.1, -0.05) is 0 Å². The number of hydrazine groups is 1. The van der Waals surface area contributed by atoms with Gasteiger partial charge in [0.15, 0.2) is 0 Å². The third-order valence-electron chi connectivity index (χ3n) is 4.54. The van der Waals surface area contributed by atoms with Crippen LogP contribution in [0.15, 0.2) is 60.4 Å². The predicted molar refractivity (Wildman–Crippen MR) is 115 cm³/mol. The van der Waals surface area contributed by atoms with Crippen molar-refractivity contribution >= 4 is 16.8 Å². The molecule has 156 valence electrons. The van der Waals surface area contributed by atoms with Gasteiger partial charge in [-0.3, -0.25) is 10.6 Å². The molecule has 1 aromatic heterocycles. The molecule has 1 heterocycles. The highest BCUT2D eigenvalue weighted by Gasteiger charge is 2.12. The Hall–Kier alpha value is -3.65. The van der Waals surface area contributed by atoms with Gasteiger partial charge in [0.1, 0.15) is 11.6 Å². The van der Waals surface area contributed by atoms with E-state index >= 15 is 0 Å². The van der Waals surface area contributed by atoms with E-state index in [2.05, 4.69) is 15.7 Å². The van der Waals surface area contributed by atoms with Crippen molar-refractivity contribution in [2.24, 2.45) is 11.6 Å². The Morgan fingerprint density at radius 2 is 1.97 bits per heavy atom. The van der Waals surface area contributed by atoms with Crippen LogP contribution in [0.1, 0.15) is 23.7 Å². The van der Waals surface area contributed by atoms with Crippen molar-refractivity contribution in [3.05, 3.63) is 71.8 Å². The lowest BCUT2D eigenvalue weighted by Crippen LogP contribution is -2.29. The first-order chi connectivity index (χ1) is 14.5. The maximum Gasteiger partial charge on any atom is 0.251 e. The highest BCUT2D eigenvalue weighted by atomic mass is 19.1. The van der Waals surface area contributed by atoms with Gasteiger partial charge < -0.3 is 21.2 Å². The molecule has 30 heavy (non-hydrogen) atoms. The van der Waals surface area contributed by atoms with Gasteiger partial charge in [-0.2, -0.15) is 0 Å². The maximum absolute atomic E-state index is 13.3. The van der Waals surface area contributed by atoms with Crippen LogP contribution in [0.2, 0.25) is 0 Å². The first-order valence-electron chi connectivity index (χ1n) is 9.54. The molecule has 0 saturated carbocycles. The predicted octanol–water partition coefficient (Wildman–Crippen LogP) is 2.82. The topological polar surface area (TPSA) is 115 Å². The molecular weight excluding hydrogens is 385 g/mol. The van der Waals surface area contributed by atoms with Gasteiger partial charge in [0.2, 0.25) is 0 Å². The molecule has 0 radical (unpaired) electrons. The first-order valence-corrected chi connectivity index (χ1v) is 9.54. The molecule has 0 spiro atoms. The third-order valence-corrected chi connectivity index (χ3v) is 4.54. The molecular formula is C22H24FN5O2. The van der Waals surface area contributed by atoms with Gasteiger partial charge in [0.05, 0.1) is 17.8 Å². The average molecular weight is 409 g/mol. The van der Waals surface area contributed by atoms with Crippen LogP contribution in [0.25, 0.3) is 22.2 Å². The molecule has 0 aliphatic heterocycles. The van der Waals surface area contributed by atoms with Crippen molar-refractivity contribution in [3.63, 3.8) is 0 Å². The zero-order valence-electron chi connectivity index (χ0n) is 16.6. The summed E-state index contributed by atoms with van der Waals surface area (Å²) in [5, 5.41) is 3.62. The molecule has 0 aliphatic carbocycles. The summed E-state index contributed by atoms with van der Waals surface area (Å²) in [4.78, 5) is 17.2. The highest BCUT2D eigenvalue weighted by Crippen LogP contribution is 2.31. The molecule has 6 N–H and O–H groups in total. The van der Waals surface area contributed by atoms with Gasteiger partial charge in [0.25, 0.3) is 5.91 Å². The summed E-state index contributed by atoms with van der Waals surface area (Å²) in [6.07, 6.45) is 1.84. The Kier molecular flexibility index (Phi) is 6.82. The minimum atomic E-state index is -0.319. The number of benzene rings is 2. The van der Waals surface area contributed by atoms with Crippen molar-refractivity contribution in [2.75, 3.05) is 13.2 Å². The van der Waals surface area contributed by atoms with E-state index in [4.69, 9.17) is 16.3 Å². The average Bonchev–Trinajstić information content (AvgIpc) is 2.76. The number of fused-ring (bicyclic) bond motifs is 1. The van der Waals surface area contributed by atoms with E-state index < -0.39 is 0 Å². The van der Waals surface area contributed by atoms with Gasteiger partial charge in [-0.05, 0) is 49.4 Å². The minimum absolute atomic E-state index is 0.239. The summed E-state index contributed by atoms with van der Waals surface area (Å²) in [7, 11) is 0. The number of carbonyl (C=O) groups excluding carboxylic acids is 1. The monoisotopic (exact) mass is 409 g/mol. The second kappa shape index (κ2) is 9.71. The standard InChI is InChI=1S/C22H24FN5O2/c1-2-30-21-12-19(14-3-6-16(23)7-4-14)27-20-11-15(5-8-18(20)21)22(29)26-10-9-17(13-24)28-25/h3-8,11-13,28H,2,9-10,24-25H2,1H3,(H,26,29)/b17-13-. The lowest BCUT2D eigenvalue weighted by atomic mass is 10.1. The molecule has 0 aliphatic rings. The fourth-order valence-electron chi connectivity index (χ4n) is 3.00. The molecule has 7 nitrogen and oxygen atoms in total. The molecule has 2 aromatic carbocycles. The van der Waals surface area contributed by atoms with Gasteiger partial charge in [-0.15, -0.1) is 0 Å². The highest BCUT2D eigenvalue weighted by molar-refractivity contribution is 5.99. The summed E-state index contributed by atoms with van der Waals surface area (Å²) in [5.74, 6) is 5.43. The lowest BCUT2D eigenvalue weighted by Gasteiger charge is -2.12. The van der Waals surface area contributed by atoms with Crippen molar-refractivity contribution in [1.29, 1.82) is 0 Å². The number of halogens is 1. The Bertz CT molecular complexity index is 1070. The van der Waals surface area contributed by atoms with Crippen molar-refractivity contribution in [3.8, 4) is 17.0 Å². The first kappa shape index (κ1) is 21.1. The smallest absolute Gasteiger partial charge is 0.251 e. The number of pyridine rings is 1. The number of hydrogen-bond acceptors (Lipinski definition) is 6. The van der Waals surface area contributed by atoms with Crippen LogP contribution in [0.5, 0.6) is 5.75 Å². The summed E-state index contributed by atoms with van der Waals surface area (Å²) in [6, 6.07) is 13.1. The van der Waals surface area contributed by atoms with Crippen molar-refractivity contribution in [2.45, 2.75) is 13.3 Å². The minimum Gasteiger partial charge on any atom is -0.493 e. The number of aromatic nitrogens is 1. The Morgan fingerprint density at radius 1 is 1.20 bits per heavy atom. The summed E-state index contributed by atoms with van der Waals surface area (Å²) in [5.41, 5.74) is 11.0. The summed E-state index contributed by atoms with van der Waals surface area (Å²) < 4.78 is 19.1. The Morgan fingerprint density at radius 3 is 2.63 bits per heavy atom. The van der Waals surface area contributed by atoms with Crippen molar-refractivity contribution < 1.29 is 13.9 Å². The molecule has 3 aromatic rings. The zero-order valence-corrected chi connectivity index (χ0v) is 16.6. The number of hydrogen-bond donors (Lipinski definition) is 4. The van der Waals surface area contributed by atoms with Crippen LogP contribution in [0.3, 0.4) is 0 Å². The van der Waals surface area contributed by atoms with Crippen LogP contribution >= 0.6 is 0 Å². The van der Waals surface area contributed by atoms with Crippen LogP contribution in [0, 0.1) is 5.82 Å². The molecule has 0 saturated heterocycles. The lowest BCUT2D eigenvalue weighted by molar-refractivity contribution is 0.0954. The number of rotatable bonds is 8. The number of nitrogens with zero attached hydrogens (tertiary/aromatic N) is 1. The molecule has 0 fully saturated rings. The number of nitrogens with two attached hydrogens (primary N) is 2. The molecule has 3 rings (SSSR count). The number of amides is 1. The Balaban J connectivity index is 1.91. The molecule has 8 heteroatoms. The molecule has 1 amide bonds. The molecule has 0 bridgehead atoms. The second-order valence-corrected chi connectivity index (χ2v) is 6.52. The molecule has 0 atom stereocenters. The van der Waals surface area contributed by atoms with Gasteiger partial charge in [-0.25, -0.2) is 9.37 Å². The van der Waals surface area contributed by atoms with Crippen LogP contribution in [0.4, 0.5) is 4.39 Å². The van der Waals surface area contributed by atoms with E-state index in [9.17, 15) is 9.18 Å². The van der Waals surface area contributed by atoms with Crippen LogP contribution < -0.4 is 27.1 Å². The fraction of sp³-hybridized carbons (Fsp3) is 0.182.